The van der Waals surface area contributed by atoms with E-state index in [4.69, 9.17) is 4.42 Å². The average Bonchev–Trinajstić information content (AvgIpc) is 2.63. The summed E-state index contributed by atoms with van der Waals surface area (Å²) in [6.07, 6.45) is 12.2. The molecule has 1 aromatic rings. The molecule has 0 saturated carbocycles. The second kappa shape index (κ2) is 6.07. The van der Waals surface area contributed by atoms with Crippen LogP contribution in [-0.2, 0) is 0 Å². The van der Waals surface area contributed by atoms with Crippen molar-refractivity contribution in [1.29, 1.82) is 0 Å². The Bertz CT molecular complexity index is 366. The molecule has 0 aromatic carbocycles. The van der Waals surface area contributed by atoms with Gasteiger partial charge >= 0.3 is 0 Å². The Morgan fingerprint density at radius 2 is 2.33 bits per heavy atom. The number of rotatable bonds is 5. The predicted molar refractivity (Wildman–Crippen MR) is 65.7 cm³/mol. The summed E-state index contributed by atoms with van der Waals surface area (Å²) in [5.41, 5.74) is 2.24. The van der Waals surface area contributed by atoms with Crippen LogP contribution in [0.25, 0.3) is 6.08 Å². The van der Waals surface area contributed by atoms with Gasteiger partial charge in [0, 0.05) is 5.56 Å². The molecule has 0 unspecified atom stereocenters. The van der Waals surface area contributed by atoms with Crippen molar-refractivity contribution in [1.82, 2.24) is 0 Å². The van der Waals surface area contributed by atoms with Gasteiger partial charge in [0.2, 0.25) is 0 Å². The first-order chi connectivity index (χ1) is 7.27. The molecule has 1 aromatic heterocycles. The fraction of sp³-hybridized carbons (Fsp3) is 0.286. The van der Waals surface area contributed by atoms with Crippen molar-refractivity contribution >= 4 is 6.08 Å². The van der Waals surface area contributed by atoms with Gasteiger partial charge in [-0.3, -0.25) is 0 Å². The summed E-state index contributed by atoms with van der Waals surface area (Å²) in [4.78, 5) is 0. The van der Waals surface area contributed by atoms with Gasteiger partial charge in [0.25, 0.3) is 0 Å². The van der Waals surface area contributed by atoms with Gasteiger partial charge in [-0.2, -0.15) is 0 Å². The van der Waals surface area contributed by atoms with E-state index < -0.39 is 0 Å². The molecule has 0 aliphatic heterocycles. The third-order valence-corrected chi connectivity index (χ3v) is 2.22. The SMILES string of the molecule is C=CC(=C/c1ccoc1C)/C=C/CCC. The molecule has 0 amide bonds. The van der Waals surface area contributed by atoms with Crippen LogP contribution >= 0.6 is 0 Å². The van der Waals surface area contributed by atoms with Crippen LogP contribution in [0.3, 0.4) is 0 Å². The minimum atomic E-state index is 0.943. The van der Waals surface area contributed by atoms with E-state index in [1.54, 1.807) is 6.26 Å². The molecular formula is C14H18O. The van der Waals surface area contributed by atoms with Crippen molar-refractivity contribution < 1.29 is 4.42 Å². The zero-order chi connectivity index (χ0) is 11.1. The lowest BCUT2D eigenvalue weighted by Crippen LogP contribution is -1.75. The summed E-state index contributed by atoms with van der Waals surface area (Å²) in [6, 6.07) is 1.96. The van der Waals surface area contributed by atoms with Crippen LogP contribution in [-0.4, -0.2) is 0 Å². The average molecular weight is 202 g/mol. The minimum absolute atomic E-state index is 0.943. The van der Waals surface area contributed by atoms with Gasteiger partial charge in [0.15, 0.2) is 0 Å². The van der Waals surface area contributed by atoms with Gasteiger partial charge in [0.1, 0.15) is 5.76 Å². The summed E-state index contributed by atoms with van der Waals surface area (Å²) in [7, 11) is 0. The summed E-state index contributed by atoms with van der Waals surface area (Å²) >= 11 is 0. The van der Waals surface area contributed by atoms with E-state index in [-0.39, 0.29) is 0 Å². The Balaban J connectivity index is 2.78. The third-order valence-electron chi connectivity index (χ3n) is 2.22. The second-order valence-electron chi connectivity index (χ2n) is 3.47. The molecule has 0 aliphatic carbocycles. The molecule has 0 fully saturated rings. The number of allylic oxidation sites excluding steroid dienone is 4. The fourth-order valence-electron chi connectivity index (χ4n) is 1.29. The van der Waals surface area contributed by atoms with Gasteiger partial charge in [-0.15, -0.1) is 0 Å². The van der Waals surface area contributed by atoms with Crippen LogP contribution in [0.5, 0.6) is 0 Å². The predicted octanol–water partition coefficient (Wildman–Crippen LogP) is 4.51. The lowest BCUT2D eigenvalue weighted by atomic mass is 10.1. The molecule has 0 bridgehead atoms. The molecule has 1 rings (SSSR count). The van der Waals surface area contributed by atoms with Crippen molar-refractivity contribution in [3.05, 3.63) is 54.0 Å². The fourth-order valence-corrected chi connectivity index (χ4v) is 1.29. The zero-order valence-electron chi connectivity index (χ0n) is 9.49. The van der Waals surface area contributed by atoms with Crippen LogP contribution in [0.4, 0.5) is 0 Å². The number of hydrogen-bond donors (Lipinski definition) is 0. The molecular weight excluding hydrogens is 184 g/mol. The maximum absolute atomic E-state index is 5.23. The number of aryl methyl sites for hydroxylation is 1. The maximum Gasteiger partial charge on any atom is 0.107 e. The first kappa shape index (κ1) is 11.6. The Morgan fingerprint density at radius 3 is 2.87 bits per heavy atom. The minimum Gasteiger partial charge on any atom is -0.469 e. The standard InChI is InChI=1S/C14H18O/c1-4-6-7-8-13(5-2)11-14-9-10-15-12(14)3/h5,7-11H,2,4,6H2,1,3H3/b8-7+,13-11-. The largest absolute Gasteiger partial charge is 0.469 e. The van der Waals surface area contributed by atoms with E-state index in [1.165, 1.54) is 6.42 Å². The molecule has 0 N–H and O–H groups in total. The van der Waals surface area contributed by atoms with Gasteiger partial charge < -0.3 is 4.42 Å². The molecule has 1 heterocycles. The number of furan rings is 1. The maximum atomic E-state index is 5.23. The van der Waals surface area contributed by atoms with E-state index in [0.29, 0.717) is 0 Å². The van der Waals surface area contributed by atoms with Gasteiger partial charge in [-0.1, -0.05) is 38.2 Å². The first-order valence-corrected chi connectivity index (χ1v) is 5.32. The van der Waals surface area contributed by atoms with Crippen molar-refractivity contribution in [2.45, 2.75) is 26.7 Å². The zero-order valence-corrected chi connectivity index (χ0v) is 9.49. The number of hydrogen-bond acceptors (Lipinski definition) is 1. The first-order valence-electron chi connectivity index (χ1n) is 5.32. The van der Waals surface area contributed by atoms with Gasteiger partial charge in [0.05, 0.1) is 6.26 Å². The molecule has 1 nitrogen and oxygen atoms in total. The second-order valence-corrected chi connectivity index (χ2v) is 3.47. The Hall–Kier alpha value is -1.50. The summed E-state index contributed by atoms with van der Waals surface area (Å²) in [5.74, 6) is 0.943. The highest BCUT2D eigenvalue weighted by atomic mass is 16.3. The van der Waals surface area contributed by atoms with E-state index in [0.717, 1.165) is 23.3 Å². The van der Waals surface area contributed by atoms with Crippen LogP contribution in [0, 0.1) is 6.92 Å². The summed E-state index contributed by atoms with van der Waals surface area (Å²) in [6.45, 7) is 7.93. The summed E-state index contributed by atoms with van der Waals surface area (Å²) in [5, 5.41) is 0. The summed E-state index contributed by atoms with van der Waals surface area (Å²) < 4.78 is 5.23. The molecule has 0 saturated heterocycles. The highest BCUT2D eigenvalue weighted by molar-refractivity contribution is 5.60. The van der Waals surface area contributed by atoms with E-state index in [2.05, 4.69) is 31.7 Å². The van der Waals surface area contributed by atoms with E-state index in [1.807, 2.05) is 19.1 Å². The molecule has 1 heteroatoms. The Kier molecular flexibility index (Phi) is 4.69. The quantitative estimate of drug-likeness (QED) is 0.640. The highest BCUT2D eigenvalue weighted by Crippen LogP contribution is 2.14. The molecule has 0 aliphatic rings. The highest BCUT2D eigenvalue weighted by Gasteiger charge is 1.96. The van der Waals surface area contributed by atoms with Crippen LogP contribution in [0.2, 0.25) is 0 Å². The van der Waals surface area contributed by atoms with Crippen LogP contribution < -0.4 is 0 Å². The molecule has 0 radical (unpaired) electrons. The van der Waals surface area contributed by atoms with Crippen molar-refractivity contribution in [3.63, 3.8) is 0 Å². The molecule has 0 atom stereocenters. The third kappa shape index (κ3) is 3.62. The van der Waals surface area contributed by atoms with Gasteiger partial charge in [-0.25, -0.2) is 0 Å². The molecule has 80 valence electrons. The topological polar surface area (TPSA) is 13.1 Å². The Labute approximate surface area is 91.8 Å². The lowest BCUT2D eigenvalue weighted by molar-refractivity contribution is 0.533. The van der Waals surface area contributed by atoms with Crippen molar-refractivity contribution in [2.75, 3.05) is 0 Å². The van der Waals surface area contributed by atoms with Crippen LogP contribution in [0.1, 0.15) is 31.1 Å². The smallest absolute Gasteiger partial charge is 0.107 e. The van der Waals surface area contributed by atoms with Gasteiger partial charge in [-0.05, 0) is 31.1 Å². The van der Waals surface area contributed by atoms with Crippen molar-refractivity contribution in [3.8, 4) is 0 Å². The molecule has 15 heavy (non-hydrogen) atoms. The Morgan fingerprint density at radius 1 is 1.53 bits per heavy atom. The number of unbranched alkanes of at least 4 members (excludes halogenated alkanes) is 1. The van der Waals surface area contributed by atoms with Crippen molar-refractivity contribution in [2.24, 2.45) is 0 Å². The van der Waals surface area contributed by atoms with E-state index in [9.17, 15) is 0 Å². The van der Waals surface area contributed by atoms with Crippen LogP contribution in [0.15, 0.2) is 47.1 Å². The lowest BCUT2D eigenvalue weighted by Gasteiger charge is -1.94. The normalized spacial score (nSPS) is 12.3. The van der Waals surface area contributed by atoms with E-state index >= 15 is 0 Å². The monoisotopic (exact) mass is 202 g/mol. The molecule has 0 spiro atoms.